The molecule has 6 heteroatoms. The van der Waals surface area contributed by atoms with E-state index in [0.29, 0.717) is 9.50 Å². The van der Waals surface area contributed by atoms with Gasteiger partial charge in [-0.3, -0.25) is 10.1 Å². The molecule has 0 aliphatic rings. The molecule has 0 aliphatic heterocycles. The molecular weight excluding hydrogens is 334 g/mol. The second-order valence-electron chi connectivity index (χ2n) is 3.75. The Labute approximate surface area is 123 Å². The van der Waals surface area contributed by atoms with E-state index in [2.05, 4.69) is 15.9 Å². The summed E-state index contributed by atoms with van der Waals surface area (Å²) in [5.41, 5.74) is 0.697. The maximum absolute atomic E-state index is 10.9. The number of halogens is 2. The molecule has 0 radical (unpaired) electrons. The third-order valence-electron chi connectivity index (χ3n) is 2.46. The number of benzene rings is 2. The molecule has 98 valence electrons. The van der Waals surface area contributed by atoms with Gasteiger partial charge >= 0.3 is 5.69 Å². The molecular formula is C13H9BrClNO3. The van der Waals surface area contributed by atoms with E-state index in [4.69, 9.17) is 16.3 Å². The first-order valence-electron chi connectivity index (χ1n) is 5.38. The highest BCUT2D eigenvalue weighted by Crippen LogP contribution is 2.31. The second kappa shape index (κ2) is 6.04. The van der Waals surface area contributed by atoms with Crippen LogP contribution in [0.5, 0.6) is 5.75 Å². The highest BCUT2D eigenvalue weighted by molar-refractivity contribution is 9.10. The van der Waals surface area contributed by atoms with E-state index < -0.39 is 4.92 Å². The summed E-state index contributed by atoms with van der Waals surface area (Å²) in [7, 11) is 0. The molecule has 0 saturated heterocycles. The number of nitro benzene ring substituents is 1. The standard InChI is InChI=1S/C13H9BrClNO3/c14-10-5-6-13(12(7-10)16(17)18)19-8-9-3-1-2-4-11(9)15/h1-7H,8H2. The van der Waals surface area contributed by atoms with Gasteiger partial charge in [0.05, 0.1) is 4.92 Å². The Bertz CT molecular complexity index is 619. The van der Waals surface area contributed by atoms with Crippen LogP contribution in [0.15, 0.2) is 46.9 Å². The molecule has 0 fully saturated rings. The molecule has 0 bridgehead atoms. The van der Waals surface area contributed by atoms with Crippen LogP contribution in [-0.2, 0) is 6.61 Å². The van der Waals surface area contributed by atoms with Gasteiger partial charge in [0.15, 0.2) is 5.75 Å². The predicted octanol–water partition coefficient (Wildman–Crippen LogP) is 4.59. The Balaban J connectivity index is 2.20. The second-order valence-corrected chi connectivity index (χ2v) is 5.07. The van der Waals surface area contributed by atoms with Crippen LogP contribution in [0.25, 0.3) is 0 Å². The molecule has 0 saturated carbocycles. The van der Waals surface area contributed by atoms with Crippen LogP contribution in [0.3, 0.4) is 0 Å². The average molecular weight is 343 g/mol. The van der Waals surface area contributed by atoms with Gasteiger partial charge < -0.3 is 4.74 Å². The molecule has 19 heavy (non-hydrogen) atoms. The monoisotopic (exact) mass is 341 g/mol. The largest absolute Gasteiger partial charge is 0.482 e. The number of hydrogen-bond donors (Lipinski definition) is 0. The fourth-order valence-electron chi connectivity index (χ4n) is 1.53. The summed E-state index contributed by atoms with van der Waals surface area (Å²) in [6.45, 7) is 0.183. The summed E-state index contributed by atoms with van der Waals surface area (Å²) in [6, 6.07) is 11.9. The van der Waals surface area contributed by atoms with Crippen LogP contribution >= 0.6 is 27.5 Å². The molecule has 0 N–H and O–H groups in total. The van der Waals surface area contributed by atoms with E-state index in [0.717, 1.165) is 5.56 Å². The SMILES string of the molecule is O=[N+]([O-])c1cc(Br)ccc1OCc1ccccc1Cl. The van der Waals surface area contributed by atoms with Crippen molar-refractivity contribution in [3.63, 3.8) is 0 Å². The van der Waals surface area contributed by atoms with Gasteiger partial charge in [0.25, 0.3) is 0 Å². The van der Waals surface area contributed by atoms with Gasteiger partial charge in [0.1, 0.15) is 6.61 Å². The topological polar surface area (TPSA) is 52.4 Å². The first-order chi connectivity index (χ1) is 9.08. The smallest absolute Gasteiger partial charge is 0.312 e. The Morgan fingerprint density at radius 3 is 2.68 bits per heavy atom. The van der Waals surface area contributed by atoms with Gasteiger partial charge in [0, 0.05) is 21.1 Å². The van der Waals surface area contributed by atoms with Crippen molar-refractivity contribution in [2.45, 2.75) is 6.61 Å². The Kier molecular flexibility index (Phi) is 4.39. The summed E-state index contributed by atoms with van der Waals surface area (Å²) in [6.07, 6.45) is 0. The predicted molar refractivity (Wildman–Crippen MR) is 76.6 cm³/mol. The van der Waals surface area contributed by atoms with Crippen molar-refractivity contribution < 1.29 is 9.66 Å². The van der Waals surface area contributed by atoms with Crippen LogP contribution in [0.4, 0.5) is 5.69 Å². The van der Waals surface area contributed by atoms with E-state index in [1.165, 1.54) is 6.07 Å². The molecule has 0 aromatic heterocycles. The lowest BCUT2D eigenvalue weighted by Crippen LogP contribution is -1.99. The number of nitrogens with zero attached hydrogens (tertiary/aromatic N) is 1. The van der Waals surface area contributed by atoms with E-state index in [9.17, 15) is 10.1 Å². The van der Waals surface area contributed by atoms with Crippen LogP contribution in [-0.4, -0.2) is 4.92 Å². The molecule has 0 atom stereocenters. The van der Waals surface area contributed by atoms with Gasteiger partial charge in [0.2, 0.25) is 0 Å². The summed E-state index contributed by atoms with van der Waals surface area (Å²) in [5, 5.41) is 11.5. The van der Waals surface area contributed by atoms with Crippen molar-refractivity contribution >= 4 is 33.2 Å². The zero-order valence-corrected chi connectivity index (χ0v) is 12.0. The van der Waals surface area contributed by atoms with Crippen LogP contribution in [0.2, 0.25) is 5.02 Å². The minimum atomic E-state index is -0.479. The molecule has 0 aliphatic carbocycles. The highest BCUT2D eigenvalue weighted by Gasteiger charge is 2.15. The molecule has 4 nitrogen and oxygen atoms in total. The van der Waals surface area contributed by atoms with Crippen molar-refractivity contribution in [3.05, 3.63) is 67.6 Å². The Hall–Kier alpha value is -1.59. The van der Waals surface area contributed by atoms with Crippen molar-refractivity contribution in [3.8, 4) is 5.75 Å². The Morgan fingerprint density at radius 1 is 1.26 bits per heavy atom. The van der Waals surface area contributed by atoms with Gasteiger partial charge in [-0.15, -0.1) is 0 Å². The number of hydrogen-bond acceptors (Lipinski definition) is 3. The van der Waals surface area contributed by atoms with E-state index in [1.54, 1.807) is 18.2 Å². The summed E-state index contributed by atoms with van der Waals surface area (Å²) in [5.74, 6) is 0.216. The molecule has 2 aromatic carbocycles. The lowest BCUT2D eigenvalue weighted by molar-refractivity contribution is -0.386. The zero-order valence-electron chi connectivity index (χ0n) is 9.68. The number of nitro groups is 1. The first kappa shape index (κ1) is 13.8. The Morgan fingerprint density at radius 2 is 2.00 bits per heavy atom. The van der Waals surface area contributed by atoms with Gasteiger partial charge in [-0.2, -0.15) is 0 Å². The maximum atomic E-state index is 10.9. The molecule has 0 heterocycles. The van der Waals surface area contributed by atoms with Gasteiger partial charge in [-0.05, 0) is 18.2 Å². The lowest BCUT2D eigenvalue weighted by Gasteiger charge is -2.08. The van der Waals surface area contributed by atoms with Crippen LogP contribution in [0, 0.1) is 10.1 Å². The average Bonchev–Trinajstić information content (AvgIpc) is 2.38. The third kappa shape index (κ3) is 3.45. The van der Waals surface area contributed by atoms with Crippen molar-refractivity contribution in [2.24, 2.45) is 0 Å². The van der Waals surface area contributed by atoms with Crippen molar-refractivity contribution in [1.82, 2.24) is 0 Å². The van der Waals surface area contributed by atoms with E-state index >= 15 is 0 Å². The highest BCUT2D eigenvalue weighted by atomic mass is 79.9. The van der Waals surface area contributed by atoms with Crippen molar-refractivity contribution in [1.29, 1.82) is 0 Å². The summed E-state index contributed by atoms with van der Waals surface area (Å²) in [4.78, 5) is 10.5. The normalized spacial score (nSPS) is 10.2. The first-order valence-corrected chi connectivity index (χ1v) is 6.55. The van der Waals surface area contributed by atoms with Gasteiger partial charge in [-0.1, -0.05) is 45.7 Å². The summed E-state index contributed by atoms with van der Waals surface area (Å²) < 4.78 is 6.10. The minimum absolute atomic E-state index is 0.0820. The van der Waals surface area contributed by atoms with Crippen LogP contribution < -0.4 is 4.74 Å². The van der Waals surface area contributed by atoms with E-state index in [1.807, 2.05) is 18.2 Å². The molecule has 2 aromatic rings. The number of rotatable bonds is 4. The molecule has 0 unspecified atom stereocenters. The molecule has 0 amide bonds. The maximum Gasteiger partial charge on any atom is 0.312 e. The lowest BCUT2D eigenvalue weighted by atomic mass is 10.2. The quantitative estimate of drug-likeness (QED) is 0.603. The summed E-state index contributed by atoms with van der Waals surface area (Å²) >= 11 is 9.19. The minimum Gasteiger partial charge on any atom is -0.482 e. The van der Waals surface area contributed by atoms with E-state index in [-0.39, 0.29) is 18.0 Å². The third-order valence-corrected chi connectivity index (χ3v) is 3.32. The van der Waals surface area contributed by atoms with Gasteiger partial charge in [-0.25, -0.2) is 0 Å². The van der Waals surface area contributed by atoms with Crippen LogP contribution in [0.1, 0.15) is 5.56 Å². The molecule has 0 spiro atoms. The fraction of sp³-hybridized carbons (Fsp3) is 0.0769. The fourth-order valence-corrected chi connectivity index (χ4v) is 2.07. The van der Waals surface area contributed by atoms with Crippen molar-refractivity contribution in [2.75, 3.05) is 0 Å². The molecule has 2 rings (SSSR count). The number of ether oxygens (including phenoxy) is 1. The zero-order chi connectivity index (χ0) is 13.8.